The summed E-state index contributed by atoms with van der Waals surface area (Å²) in [7, 11) is -0.967. The normalized spacial score (nSPS) is 11.3. The summed E-state index contributed by atoms with van der Waals surface area (Å²) < 4.78 is 1.71. The van der Waals surface area contributed by atoms with Crippen LogP contribution in [-0.2, 0) is 40.2 Å². The molecule has 1 aliphatic carbocycles. The van der Waals surface area contributed by atoms with Crippen LogP contribution in [0.3, 0.4) is 0 Å². The third-order valence-electron chi connectivity index (χ3n) is 1.71. The average molecular weight is 430 g/mol. The molecule has 0 saturated carbocycles. The molecule has 0 aromatic rings. The fourth-order valence-electron chi connectivity index (χ4n) is 1.18. The van der Waals surface area contributed by atoms with E-state index in [0.29, 0.717) is 0 Å². The van der Waals surface area contributed by atoms with Gasteiger partial charge in [0.1, 0.15) is 0 Å². The maximum Gasteiger partial charge on any atom is 0.281 e. The molecule has 0 fully saturated rings. The van der Waals surface area contributed by atoms with Crippen molar-refractivity contribution in [1.82, 2.24) is 0 Å². The molecule has 4 nitrogen and oxygen atoms in total. The molecule has 0 N–H and O–H groups in total. The Morgan fingerprint density at radius 2 is 1.28 bits per heavy atom. The van der Waals surface area contributed by atoms with Gasteiger partial charge in [0.05, 0.1) is 0 Å². The summed E-state index contributed by atoms with van der Waals surface area (Å²) >= 11 is 1.47. The van der Waals surface area contributed by atoms with Gasteiger partial charge in [-0.1, -0.05) is 0 Å². The van der Waals surface area contributed by atoms with E-state index < -0.39 is 8.07 Å². The molecule has 18 heavy (non-hydrogen) atoms. The predicted molar refractivity (Wildman–Crippen MR) is 66.9 cm³/mol. The molecule has 1 aliphatic rings. The molecule has 0 bridgehead atoms. The van der Waals surface area contributed by atoms with E-state index in [0.717, 1.165) is 0 Å². The number of carbonyl (C=O) groups excluding carboxylic acids is 4. The zero-order valence-corrected chi connectivity index (χ0v) is 14.7. The standard InChI is InChI=1S/C8H13Si.4CO.Ta/c1-9(2,3)8-6-4-5-7-8;4*1-2;/h4,6H,5H2,1-3H3;;;;;. The number of allylic oxidation sites excluding steroid dienone is 4. The van der Waals surface area contributed by atoms with E-state index in [9.17, 15) is 0 Å². The summed E-state index contributed by atoms with van der Waals surface area (Å²) in [5, 5.41) is 1.71. The smallest absolute Gasteiger partial charge is 0.281 e. The largest absolute Gasteiger partial charge is 0.281 e. The SMILES string of the molecule is C[Si](C)(C)C1=[C]([Ta])CC=C1.[C]=O.[C]=O.[C]=O.[C]=O. The van der Waals surface area contributed by atoms with Gasteiger partial charge in [0.2, 0.25) is 0 Å². The summed E-state index contributed by atoms with van der Waals surface area (Å²) in [6, 6.07) is 0. The topological polar surface area (TPSA) is 68.3 Å². The van der Waals surface area contributed by atoms with Crippen molar-refractivity contribution in [2.24, 2.45) is 0 Å². The van der Waals surface area contributed by atoms with Gasteiger partial charge >= 0.3 is 76.3 Å². The summed E-state index contributed by atoms with van der Waals surface area (Å²) in [5.74, 6) is 0. The molecular formula is C12H13O4SiTa. The van der Waals surface area contributed by atoms with E-state index in [2.05, 4.69) is 58.9 Å². The second-order valence-corrected chi connectivity index (χ2v) is 10.7. The molecule has 0 unspecified atom stereocenters. The molecule has 0 aliphatic heterocycles. The van der Waals surface area contributed by atoms with E-state index >= 15 is 0 Å². The van der Waals surface area contributed by atoms with Gasteiger partial charge in [0, 0.05) is 0 Å². The third-order valence-corrected chi connectivity index (χ3v) is 6.11. The zero-order valence-electron chi connectivity index (χ0n) is 10.4. The Kier molecular flexibility index (Phi) is 26.5. The molecule has 0 spiro atoms. The van der Waals surface area contributed by atoms with Crippen LogP contribution in [0.5, 0.6) is 0 Å². The van der Waals surface area contributed by atoms with E-state index in [1.54, 1.807) is 8.99 Å². The summed E-state index contributed by atoms with van der Waals surface area (Å²) in [6.07, 6.45) is 5.90. The van der Waals surface area contributed by atoms with E-state index in [-0.39, 0.29) is 0 Å². The molecule has 0 amide bonds. The fourth-order valence-corrected chi connectivity index (χ4v) is 7.02. The molecule has 0 aromatic carbocycles. The van der Waals surface area contributed by atoms with Crippen LogP contribution in [0.1, 0.15) is 6.42 Å². The van der Waals surface area contributed by atoms with Gasteiger partial charge < -0.3 is 0 Å². The van der Waals surface area contributed by atoms with Crippen molar-refractivity contribution in [2.45, 2.75) is 26.1 Å². The maximum absolute atomic E-state index is 7.50. The monoisotopic (exact) mass is 430 g/mol. The first kappa shape index (κ1) is 25.8. The maximum atomic E-state index is 7.50. The van der Waals surface area contributed by atoms with Crippen LogP contribution in [0.15, 0.2) is 21.1 Å². The third kappa shape index (κ3) is 13.2. The van der Waals surface area contributed by atoms with Crippen molar-refractivity contribution in [3.8, 4) is 0 Å². The summed E-state index contributed by atoms with van der Waals surface area (Å²) in [5.41, 5.74) is 0. The number of rotatable bonds is 1. The summed E-state index contributed by atoms with van der Waals surface area (Å²) in [4.78, 5) is 30.0. The van der Waals surface area contributed by atoms with Crippen LogP contribution in [0.4, 0.5) is 0 Å². The van der Waals surface area contributed by atoms with Crippen LogP contribution in [0.25, 0.3) is 0 Å². The minimum Gasteiger partial charge on any atom is -0.281 e. The van der Waals surface area contributed by atoms with Gasteiger partial charge in [0.15, 0.2) is 0 Å². The molecule has 0 aromatic heterocycles. The van der Waals surface area contributed by atoms with Gasteiger partial charge in [-0.2, -0.15) is 0 Å². The Labute approximate surface area is 122 Å². The van der Waals surface area contributed by atoms with Crippen LogP contribution >= 0.6 is 0 Å². The van der Waals surface area contributed by atoms with Crippen molar-refractivity contribution in [2.75, 3.05) is 0 Å². The van der Waals surface area contributed by atoms with Crippen LogP contribution < -0.4 is 0 Å². The van der Waals surface area contributed by atoms with E-state index in [1.165, 1.54) is 27.5 Å². The molecule has 8 radical (unpaired) electrons. The second kappa shape index (κ2) is 18.5. The second-order valence-electron chi connectivity index (χ2n) is 3.72. The zero-order chi connectivity index (χ0) is 15.8. The Bertz CT molecular complexity index is 251. The Balaban J connectivity index is -0.000000105. The first-order valence-electron chi connectivity index (χ1n) is 4.42. The number of hydrogen-bond acceptors (Lipinski definition) is 4. The molecule has 0 saturated heterocycles. The first-order valence-corrected chi connectivity index (χ1v) is 9.53. The van der Waals surface area contributed by atoms with Gasteiger partial charge in [-0.3, -0.25) is 19.2 Å². The van der Waals surface area contributed by atoms with Crippen molar-refractivity contribution in [3.63, 3.8) is 0 Å². The Morgan fingerprint density at radius 1 is 0.944 bits per heavy atom. The first-order chi connectivity index (χ1) is 8.52. The Hall–Kier alpha value is -0.883. The molecule has 1 rings (SSSR count). The van der Waals surface area contributed by atoms with Gasteiger partial charge in [0.25, 0.3) is 27.2 Å². The summed E-state index contributed by atoms with van der Waals surface area (Å²) in [6.45, 7) is 25.3. The minimum atomic E-state index is -0.967. The molecule has 6 heteroatoms. The van der Waals surface area contributed by atoms with Gasteiger partial charge in [-0.15, -0.1) is 0 Å². The molecular weight excluding hydrogens is 417 g/mol. The van der Waals surface area contributed by atoms with Crippen LogP contribution in [0.2, 0.25) is 19.6 Å². The van der Waals surface area contributed by atoms with Crippen LogP contribution in [-0.4, -0.2) is 35.2 Å². The van der Waals surface area contributed by atoms with Crippen molar-refractivity contribution in [1.29, 1.82) is 0 Å². The number of hydrogen-bond donors (Lipinski definition) is 0. The van der Waals surface area contributed by atoms with Gasteiger partial charge in [-0.25, -0.2) is 0 Å². The van der Waals surface area contributed by atoms with Crippen molar-refractivity contribution >= 4 is 35.2 Å². The predicted octanol–water partition coefficient (Wildman–Crippen LogP) is 1.04. The Morgan fingerprint density at radius 3 is 1.39 bits per heavy atom. The van der Waals surface area contributed by atoms with E-state index in [1.807, 2.05) is 0 Å². The molecule has 0 heterocycles. The van der Waals surface area contributed by atoms with Gasteiger partial charge in [-0.05, 0) is 0 Å². The molecule has 0 atom stereocenters. The van der Waals surface area contributed by atoms with E-state index in [4.69, 9.17) is 19.2 Å². The van der Waals surface area contributed by atoms with Crippen molar-refractivity contribution < 1.29 is 40.2 Å². The molecule has 94 valence electrons. The van der Waals surface area contributed by atoms with Crippen LogP contribution in [0, 0.1) is 0 Å². The average Bonchev–Trinajstić information content (AvgIpc) is 2.85. The minimum absolute atomic E-state index is 0.967. The quantitative estimate of drug-likeness (QED) is 0.584. The van der Waals surface area contributed by atoms with Crippen molar-refractivity contribution in [3.05, 3.63) is 21.1 Å². The fraction of sp³-hybridized carbons (Fsp3) is 0.333.